The molecule has 6 heteroatoms. The van der Waals surface area contributed by atoms with Crippen molar-refractivity contribution in [2.24, 2.45) is 0 Å². The summed E-state index contributed by atoms with van der Waals surface area (Å²) in [6, 6.07) is 4.39. The van der Waals surface area contributed by atoms with E-state index in [1.54, 1.807) is 20.2 Å². The second-order valence-electron chi connectivity index (χ2n) is 4.38. The second-order valence-corrected chi connectivity index (χ2v) is 6.36. The zero-order valence-corrected chi connectivity index (χ0v) is 12.6. The van der Waals surface area contributed by atoms with Crippen molar-refractivity contribution in [3.05, 3.63) is 34.6 Å². The van der Waals surface area contributed by atoms with Gasteiger partial charge in [-0.1, -0.05) is 17.7 Å². The van der Waals surface area contributed by atoms with Crippen molar-refractivity contribution < 1.29 is 13.4 Å². The van der Waals surface area contributed by atoms with E-state index in [2.05, 4.69) is 0 Å². The van der Waals surface area contributed by atoms with Gasteiger partial charge in [0, 0.05) is 47.7 Å². The third-order valence-corrected chi connectivity index (χ3v) is 4.34. The number of benzene rings is 1. The number of hydrogen-bond donors (Lipinski definition) is 0. The first kappa shape index (κ1) is 16.1. The van der Waals surface area contributed by atoms with Crippen LogP contribution in [0, 0.1) is 5.82 Å². The van der Waals surface area contributed by atoms with Crippen molar-refractivity contribution in [3.63, 3.8) is 0 Å². The lowest BCUT2D eigenvalue weighted by molar-refractivity contribution is -0.128. The minimum absolute atomic E-state index is 0.000856. The van der Waals surface area contributed by atoms with Crippen LogP contribution in [0.15, 0.2) is 18.2 Å². The first-order valence-electron chi connectivity index (χ1n) is 5.90. The van der Waals surface area contributed by atoms with E-state index in [0.717, 1.165) is 0 Å². The van der Waals surface area contributed by atoms with Crippen LogP contribution in [-0.2, 0) is 21.3 Å². The molecule has 3 nitrogen and oxygen atoms in total. The molecule has 1 aromatic rings. The lowest BCUT2D eigenvalue weighted by Gasteiger charge is -2.10. The quantitative estimate of drug-likeness (QED) is 0.810. The zero-order chi connectivity index (χ0) is 14.4. The first-order valence-corrected chi connectivity index (χ1v) is 7.76. The maximum absolute atomic E-state index is 13.5. The van der Waals surface area contributed by atoms with E-state index < -0.39 is 16.6 Å². The molecule has 0 aliphatic carbocycles. The van der Waals surface area contributed by atoms with Crippen LogP contribution in [0.5, 0.6) is 0 Å². The fraction of sp³-hybridized carbons (Fsp3) is 0.462. The molecule has 1 amide bonds. The molecule has 0 fully saturated rings. The topological polar surface area (TPSA) is 37.4 Å². The van der Waals surface area contributed by atoms with Crippen LogP contribution >= 0.6 is 11.6 Å². The van der Waals surface area contributed by atoms with Crippen LogP contribution in [-0.4, -0.2) is 34.9 Å². The van der Waals surface area contributed by atoms with Gasteiger partial charge in [-0.15, -0.1) is 0 Å². The fourth-order valence-electron chi connectivity index (χ4n) is 1.51. The molecule has 0 saturated heterocycles. The third-order valence-electron chi connectivity index (χ3n) is 2.63. The molecule has 0 aliphatic heterocycles. The standard InChI is InChI=1S/C13H17ClFNO2S/c1-16(2)13(17)7-4-8-19(18)9-10-11(14)5-3-6-12(10)15/h3,5-6H,4,7-9H2,1-2H3/t19-/m0/s1. The summed E-state index contributed by atoms with van der Waals surface area (Å²) in [4.78, 5) is 12.8. The van der Waals surface area contributed by atoms with Crippen molar-refractivity contribution >= 4 is 28.3 Å². The third kappa shape index (κ3) is 5.28. The Morgan fingerprint density at radius 3 is 2.68 bits per heavy atom. The summed E-state index contributed by atoms with van der Waals surface area (Å²) in [5.74, 6) is 0.0115. The SMILES string of the molecule is CN(C)C(=O)CCC[S@](=O)Cc1c(F)cccc1Cl. The minimum atomic E-state index is -1.22. The molecule has 0 N–H and O–H groups in total. The number of amides is 1. The number of hydrogen-bond acceptors (Lipinski definition) is 2. The molecule has 1 aromatic carbocycles. The predicted molar refractivity (Wildman–Crippen MR) is 76.1 cm³/mol. The van der Waals surface area contributed by atoms with Gasteiger partial charge in [0.05, 0.1) is 5.75 Å². The number of rotatable bonds is 6. The van der Waals surface area contributed by atoms with Gasteiger partial charge in [-0.05, 0) is 18.6 Å². The van der Waals surface area contributed by atoms with E-state index >= 15 is 0 Å². The van der Waals surface area contributed by atoms with Crippen LogP contribution in [0.25, 0.3) is 0 Å². The summed E-state index contributed by atoms with van der Waals surface area (Å²) in [6.07, 6.45) is 0.874. The molecule has 0 saturated carbocycles. The van der Waals surface area contributed by atoms with E-state index in [1.807, 2.05) is 0 Å². The molecule has 19 heavy (non-hydrogen) atoms. The molecule has 106 valence electrons. The van der Waals surface area contributed by atoms with Crippen LogP contribution in [0.2, 0.25) is 5.02 Å². The first-order chi connectivity index (χ1) is 8.91. The van der Waals surface area contributed by atoms with Gasteiger partial charge in [-0.3, -0.25) is 9.00 Å². The summed E-state index contributed by atoms with van der Waals surface area (Å²) in [5, 5.41) is 0.290. The maximum Gasteiger partial charge on any atom is 0.222 e. The van der Waals surface area contributed by atoms with Gasteiger partial charge in [-0.25, -0.2) is 4.39 Å². The van der Waals surface area contributed by atoms with Crippen LogP contribution in [0.1, 0.15) is 18.4 Å². The van der Waals surface area contributed by atoms with Crippen molar-refractivity contribution in [2.45, 2.75) is 18.6 Å². The summed E-state index contributed by atoms with van der Waals surface area (Å²) in [6.45, 7) is 0. The van der Waals surface area contributed by atoms with Crippen LogP contribution in [0.4, 0.5) is 4.39 Å². The fourth-order valence-corrected chi connectivity index (χ4v) is 3.05. The van der Waals surface area contributed by atoms with E-state index in [9.17, 15) is 13.4 Å². The van der Waals surface area contributed by atoms with Gasteiger partial charge >= 0.3 is 0 Å². The normalized spacial score (nSPS) is 12.2. The molecule has 0 unspecified atom stereocenters. The molecule has 1 rings (SSSR count). The highest BCUT2D eigenvalue weighted by atomic mass is 35.5. The van der Waals surface area contributed by atoms with E-state index in [4.69, 9.17) is 11.6 Å². The van der Waals surface area contributed by atoms with Crippen molar-refractivity contribution in [1.29, 1.82) is 0 Å². The number of carbonyl (C=O) groups is 1. The monoisotopic (exact) mass is 305 g/mol. The molecule has 0 aliphatic rings. The Morgan fingerprint density at radius 1 is 1.42 bits per heavy atom. The highest BCUT2D eigenvalue weighted by Crippen LogP contribution is 2.20. The Labute approximate surface area is 120 Å². The molecular formula is C13H17ClFNO2S. The minimum Gasteiger partial charge on any atom is -0.349 e. The Bertz CT molecular complexity index is 459. The van der Waals surface area contributed by atoms with Gasteiger partial charge < -0.3 is 4.90 Å². The molecule has 0 radical (unpaired) electrons. The van der Waals surface area contributed by atoms with E-state index in [0.29, 0.717) is 18.6 Å². The van der Waals surface area contributed by atoms with Crippen molar-refractivity contribution in [3.8, 4) is 0 Å². The molecular weight excluding hydrogens is 289 g/mol. The second kappa shape index (κ2) is 7.60. The molecule has 0 aromatic heterocycles. The van der Waals surface area contributed by atoms with Gasteiger partial charge in [0.15, 0.2) is 0 Å². The predicted octanol–water partition coefficient (Wildman–Crippen LogP) is 2.60. The van der Waals surface area contributed by atoms with Gasteiger partial charge in [-0.2, -0.15) is 0 Å². The number of carbonyl (C=O) groups excluding carboxylic acids is 1. The smallest absolute Gasteiger partial charge is 0.222 e. The summed E-state index contributed by atoms with van der Waals surface area (Å²) in [5.41, 5.74) is 0.279. The summed E-state index contributed by atoms with van der Waals surface area (Å²) >= 11 is 5.86. The largest absolute Gasteiger partial charge is 0.349 e. The average Bonchev–Trinajstić information content (AvgIpc) is 2.33. The lowest BCUT2D eigenvalue weighted by atomic mass is 10.2. The van der Waals surface area contributed by atoms with E-state index in [1.165, 1.54) is 17.0 Å². The molecule has 0 heterocycles. The highest BCUT2D eigenvalue weighted by Gasteiger charge is 2.11. The Kier molecular flexibility index (Phi) is 6.45. The van der Waals surface area contributed by atoms with Gasteiger partial charge in [0.25, 0.3) is 0 Å². The zero-order valence-electron chi connectivity index (χ0n) is 11.0. The van der Waals surface area contributed by atoms with Gasteiger partial charge in [0.2, 0.25) is 5.91 Å². The highest BCUT2D eigenvalue weighted by molar-refractivity contribution is 7.84. The van der Waals surface area contributed by atoms with Crippen LogP contribution < -0.4 is 0 Å². The number of halogens is 2. The summed E-state index contributed by atoms with van der Waals surface area (Å²) < 4.78 is 25.3. The van der Waals surface area contributed by atoms with Gasteiger partial charge in [0.1, 0.15) is 5.82 Å². The Morgan fingerprint density at radius 2 is 2.11 bits per heavy atom. The van der Waals surface area contributed by atoms with Crippen LogP contribution in [0.3, 0.4) is 0 Å². The molecule has 1 atom stereocenters. The Balaban J connectivity index is 2.46. The maximum atomic E-state index is 13.5. The molecule has 0 spiro atoms. The summed E-state index contributed by atoms with van der Waals surface area (Å²) in [7, 11) is 2.14. The lowest BCUT2D eigenvalue weighted by Crippen LogP contribution is -2.21. The molecule has 0 bridgehead atoms. The van der Waals surface area contributed by atoms with Crippen molar-refractivity contribution in [1.82, 2.24) is 4.90 Å². The number of nitrogens with zero attached hydrogens (tertiary/aromatic N) is 1. The Hall–Kier alpha value is -0.940. The van der Waals surface area contributed by atoms with Crippen molar-refractivity contribution in [2.75, 3.05) is 19.8 Å². The average molecular weight is 306 g/mol. The van der Waals surface area contributed by atoms with E-state index in [-0.39, 0.29) is 22.2 Å².